The molecule has 2 fully saturated rings. The molecule has 1 N–H and O–H groups in total. The third kappa shape index (κ3) is 2.05. The molecule has 1 spiro atoms. The Morgan fingerprint density at radius 3 is 2.60 bits per heavy atom. The van der Waals surface area contributed by atoms with Gasteiger partial charge in [0.1, 0.15) is 0 Å². The molecule has 3 heteroatoms. The smallest absolute Gasteiger partial charge is 0.0704 e. The highest BCUT2D eigenvalue weighted by molar-refractivity contribution is 5.06. The Bertz CT molecular complexity index is 199. The van der Waals surface area contributed by atoms with Crippen molar-refractivity contribution < 1.29 is 14.6 Å². The summed E-state index contributed by atoms with van der Waals surface area (Å²) in [5, 5.41) is 9.86. The van der Waals surface area contributed by atoms with Gasteiger partial charge in [-0.05, 0) is 19.8 Å². The van der Waals surface area contributed by atoms with Crippen LogP contribution in [-0.4, -0.2) is 37.1 Å². The largest absolute Gasteiger partial charge is 0.392 e. The second-order valence-corrected chi connectivity index (χ2v) is 4.75. The lowest BCUT2D eigenvalue weighted by Crippen LogP contribution is -2.56. The van der Waals surface area contributed by atoms with Crippen molar-refractivity contribution in [2.75, 3.05) is 19.8 Å². The van der Waals surface area contributed by atoms with Crippen LogP contribution in [0, 0.1) is 5.41 Å². The van der Waals surface area contributed by atoms with Gasteiger partial charge in [-0.2, -0.15) is 0 Å². The van der Waals surface area contributed by atoms with Crippen LogP contribution in [0.3, 0.4) is 0 Å². The molecule has 2 unspecified atom stereocenters. The molecule has 2 saturated carbocycles. The standard InChI is InChI=1S/C12H22O3/c1-2-14-7-8-15-11-9-10(13)12(11)5-3-4-6-12/h10-11,13H,2-9H2,1H3. The fourth-order valence-electron chi connectivity index (χ4n) is 3.04. The molecule has 0 bridgehead atoms. The highest BCUT2D eigenvalue weighted by Crippen LogP contribution is 2.54. The van der Waals surface area contributed by atoms with E-state index in [4.69, 9.17) is 9.47 Å². The van der Waals surface area contributed by atoms with Crippen molar-refractivity contribution in [1.29, 1.82) is 0 Å². The van der Waals surface area contributed by atoms with E-state index in [0.717, 1.165) is 25.9 Å². The van der Waals surface area contributed by atoms with E-state index in [2.05, 4.69) is 0 Å². The first-order valence-electron chi connectivity index (χ1n) is 6.17. The first-order chi connectivity index (χ1) is 7.29. The van der Waals surface area contributed by atoms with Crippen LogP contribution in [0.25, 0.3) is 0 Å². The molecular formula is C12H22O3. The van der Waals surface area contributed by atoms with Gasteiger partial charge in [0.25, 0.3) is 0 Å². The quantitative estimate of drug-likeness (QED) is 0.708. The SMILES string of the molecule is CCOCCOC1CC(O)C12CCCC2. The zero-order chi connectivity index (χ0) is 10.7. The molecule has 2 atom stereocenters. The predicted octanol–water partition coefficient (Wildman–Crippen LogP) is 1.73. The van der Waals surface area contributed by atoms with Gasteiger partial charge in [0, 0.05) is 18.4 Å². The Morgan fingerprint density at radius 2 is 2.00 bits per heavy atom. The topological polar surface area (TPSA) is 38.7 Å². The van der Waals surface area contributed by atoms with Crippen LogP contribution in [0.1, 0.15) is 39.0 Å². The summed E-state index contributed by atoms with van der Waals surface area (Å²) in [5.41, 5.74) is 0.117. The summed E-state index contributed by atoms with van der Waals surface area (Å²) in [7, 11) is 0. The number of hydrogen-bond donors (Lipinski definition) is 1. The van der Waals surface area contributed by atoms with E-state index in [1.807, 2.05) is 6.92 Å². The van der Waals surface area contributed by atoms with E-state index in [1.54, 1.807) is 0 Å². The Hall–Kier alpha value is -0.120. The highest BCUT2D eigenvalue weighted by Gasteiger charge is 2.56. The van der Waals surface area contributed by atoms with Gasteiger partial charge in [0.2, 0.25) is 0 Å². The zero-order valence-electron chi connectivity index (χ0n) is 9.58. The van der Waals surface area contributed by atoms with Gasteiger partial charge in [0.15, 0.2) is 0 Å². The molecule has 2 aliphatic rings. The first kappa shape index (κ1) is 11.4. The molecule has 88 valence electrons. The van der Waals surface area contributed by atoms with Crippen molar-refractivity contribution >= 4 is 0 Å². The van der Waals surface area contributed by atoms with Crippen LogP contribution in [-0.2, 0) is 9.47 Å². The molecule has 0 aliphatic heterocycles. The maximum Gasteiger partial charge on any atom is 0.0704 e. The summed E-state index contributed by atoms with van der Waals surface area (Å²) < 4.78 is 11.0. The second kappa shape index (κ2) is 4.81. The normalized spacial score (nSPS) is 33.2. The Morgan fingerprint density at radius 1 is 1.27 bits per heavy atom. The number of aliphatic hydroxyl groups is 1. The highest BCUT2D eigenvalue weighted by atomic mass is 16.5. The predicted molar refractivity (Wildman–Crippen MR) is 57.8 cm³/mol. The molecule has 0 aromatic rings. The Labute approximate surface area is 91.8 Å². The lowest BCUT2D eigenvalue weighted by molar-refractivity contribution is -0.193. The molecule has 0 aromatic carbocycles. The molecule has 2 rings (SSSR count). The molecule has 3 nitrogen and oxygen atoms in total. The van der Waals surface area contributed by atoms with Crippen LogP contribution in [0.15, 0.2) is 0 Å². The maximum absolute atomic E-state index is 9.86. The number of ether oxygens (including phenoxy) is 2. The summed E-state index contributed by atoms with van der Waals surface area (Å²) in [6.45, 7) is 4.10. The Balaban J connectivity index is 1.74. The van der Waals surface area contributed by atoms with E-state index in [9.17, 15) is 5.11 Å². The van der Waals surface area contributed by atoms with Crippen LogP contribution in [0.2, 0.25) is 0 Å². The summed E-state index contributed by atoms with van der Waals surface area (Å²) in [4.78, 5) is 0. The van der Waals surface area contributed by atoms with Crippen molar-refractivity contribution in [3.05, 3.63) is 0 Å². The fraction of sp³-hybridized carbons (Fsp3) is 1.00. The molecule has 15 heavy (non-hydrogen) atoms. The van der Waals surface area contributed by atoms with Crippen LogP contribution >= 0.6 is 0 Å². The van der Waals surface area contributed by atoms with Crippen LogP contribution in [0.4, 0.5) is 0 Å². The van der Waals surface area contributed by atoms with E-state index in [0.29, 0.717) is 13.2 Å². The van der Waals surface area contributed by atoms with Gasteiger partial charge in [-0.1, -0.05) is 12.8 Å². The maximum atomic E-state index is 9.86. The second-order valence-electron chi connectivity index (χ2n) is 4.75. The van der Waals surface area contributed by atoms with Crippen molar-refractivity contribution in [2.45, 2.75) is 51.2 Å². The molecular weight excluding hydrogens is 192 g/mol. The zero-order valence-corrected chi connectivity index (χ0v) is 9.58. The lowest BCUT2D eigenvalue weighted by atomic mass is 9.62. The van der Waals surface area contributed by atoms with E-state index in [-0.39, 0.29) is 17.6 Å². The monoisotopic (exact) mass is 214 g/mol. The summed E-state index contributed by atoms with van der Waals surface area (Å²) in [5.74, 6) is 0. The number of aliphatic hydroxyl groups excluding tert-OH is 1. The van der Waals surface area contributed by atoms with E-state index >= 15 is 0 Å². The van der Waals surface area contributed by atoms with Gasteiger partial charge in [-0.25, -0.2) is 0 Å². The first-order valence-corrected chi connectivity index (χ1v) is 6.17. The lowest BCUT2D eigenvalue weighted by Gasteiger charge is -2.51. The summed E-state index contributed by atoms with van der Waals surface area (Å²) >= 11 is 0. The van der Waals surface area contributed by atoms with Gasteiger partial charge in [-0.3, -0.25) is 0 Å². The third-order valence-electron chi connectivity index (χ3n) is 4.03. The minimum absolute atomic E-state index is 0.114. The fourth-order valence-corrected chi connectivity index (χ4v) is 3.04. The van der Waals surface area contributed by atoms with E-state index in [1.165, 1.54) is 12.8 Å². The minimum atomic E-state index is -0.114. The summed E-state index contributed by atoms with van der Waals surface area (Å²) in [6.07, 6.45) is 5.80. The van der Waals surface area contributed by atoms with Crippen molar-refractivity contribution in [2.24, 2.45) is 5.41 Å². The third-order valence-corrected chi connectivity index (χ3v) is 4.03. The van der Waals surface area contributed by atoms with Gasteiger partial charge >= 0.3 is 0 Å². The van der Waals surface area contributed by atoms with Gasteiger partial charge in [0.05, 0.1) is 25.4 Å². The average Bonchev–Trinajstić information content (AvgIpc) is 2.74. The molecule has 0 saturated heterocycles. The van der Waals surface area contributed by atoms with Gasteiger partial charge < -0.3 is 14.6 Å². The molecule has 0 heterocycles. The van der Waals surface area contributed by atoms with E-state index < -0.39 is 0 Å². The summed E-state index contributed by atoms with van der Waals surface area (Å²) in [6, 6.07) is 0. The van der Waals surface area contributed by atoms with Crippen LogP contribution in [0.5, 0.6) is 0 Å². The number of rotatable bonds is 5. The van der Waals surface area contributed by atoms with Crippen molar-refractivity contribution in [1.82, 2.24) is 0 Å². The molecule has 0 amide bonds. The van der Waals surface area contributed by atoms with Crippen molar-refractivity contribution in [3.63, 3.8) is 0 Å². The molecule has 2 aliphatic carbocycles. The van der Waals surface area contributed by atoms with Crippen LogP contribution < -0.4 is 0 Å². The average molecular weight is 214 g/mol. The number of hydrogen-bond acceptors (Lipinski definition) is 3. The van der Waals surface area contributed by atoms with Crippen molar-refractivity contribution in [3.8, 4) is 0 Å². The molecule has 0 radical (unpaired) electrons. The van der Waals surface area contributed by atoms with Gasteiger partial charge in [-0.15, -0.1) is 0 Å². The Kier molecular flexibility index (Phi) is 3.65. The minimum Gasteiger partial charge on any atom is -0.392 e. The molecule has 0 aromatic heterocycles.